The number of carboxylic acid groups (broad SMARTS) is 1. The van der Waals surface area contributed by atoms with Crippen LogP contribution in [-0.4, -0.2) is 42.4 Å². The number of esters is 1. The van der Waals surface area contributed by atoms with Gasteiger partial charge in [0.25, 0.3) is 10.1 Å². The van der Waals surface area contributed by atoms with Crippen molar-refractivity contribution in [3.05, 3.63) is 12.2 Å². The van der Waals surface area contributed by atoms with Crippen LogP contribution in [-0.2, 0) is 24.4 Å². The molecular weight excluding hydrogens is 384 g/mol. The van der Waals surface area contributed by atoms with Crippen molar-refractivity contribution in [3.8, 4) is 0 Å². The average molecular weight is 421 g/mol. The van der Waals surface area contributed by atoms with Crippen molar-refractivity contribution in [3.63, 3.8) is 0 Å². The van der Waals surface area contributed by atoms with E-state index in [1.165, 1.54) is 57.4 Å². The van der Waals surface area contributed by atoms with E-state index in [1.807, 2.05) is 0 Å². The third kappa shape index (κ3) is 18.0. The molecule has 2 N–H and O–H groups in total. The van der Waals surface area contributed by atoms with Gasteiger partial charge in [0.05, 0.1) is 12.3 Å². The molecule has 0 fully saturated rings. The number of allylic oxidation sites excluding steroid dienone is 1. The molecule has 0 radical (unpaired) electrons. The number of aliphatic carboxylic acids is 1. The van der Waals surface area contributed by atoms with Gasteiger partial charge in [0.1, 0.15) is 12.4 Å². The standard InChI is InChI=1S/C20H36O7S/c1-2-3-4-5-6-7-8-9-10-11-12-13-14-18(17-19(21)22)20(23)27-15-16-28(24,25)26/h13-14,18H,2-12,15-17H2,1H3,(H,21,22)(H,24,25,26)/b14-13+. The Labute approximate surface area is 169 Å². The lowest BCUT2D eigenvalue weighted by Crippen LogP contribution is -2.22. The Bertz CT molecular complexity index is 555. The smallest absolute Gasteiger partial charge is 0.313 e. The summed E-state index contributed by atoms with van der Waals surface area (Å²) in [6, 6.07) is 0. The molecule has 0 aromatic heterocycles. The van der Waals surface area contributed by atoms with Crippen LogP contribution < -0.4 is 0 Å². The van der Waals surface area contributed by atoms with E-state index in [0.29, 0.717) is 0 Å². The number of unbranched alkanes of at least 4 members (excludes halogenated alkanes) is 10. The molecule has 164 valence electrons. The molecule has 0 aromatic rings. The zero-order valence-corrected chi connectivity index (χ0v) is 17.8. The molecule has 0 rings (SSSR count). The maximum absolute atomic E-state index is 11.9. The molecule has 0 aliphatic carbocycles. The van der Waals surface area contributed by atoms with Gasteiger partial charge in [-0.3, -0.25) is 14.1 Å². The first kappa shape index (κ1) is 26.6. The van der Waals surface area contributed by atoms with Gasteiger partial charge in [-0.25, -0.2) is 0 Å². The zero-order chi connectivity index (χ0) is 21.3. The number of rotatable bonds is 18. The lowest BCUT2D eigenvalue weighted by molar-refractivity contribution is -0.150. The van der Waals surface area contributed by atoms with Crippen LogP contribution in [0.25, 0.3) is 0 Å². The highest BCUT2D eigenvalue weighted by Crippen LogP contribution is 2.13. The number of carbonyl (C=O) groups excluding carboxylic acids is 1. The Balaban J connectivity index is 3.98. The van der Waals surface area contributed by atoms with Gasteiger partial charge in [0, 0.05) is 0 Å². The molecule has 8 heteroatoms. The van der Waals surface area contributed by atoms with Crippen LogP contribution in [0.2, 0.25) is 0 Å². The van der Waals surface area contributed by atoms with Crippen LogP contribution in [0.1, 0.15) is 84.0 Å². The monoisotopic (exact) mass is 420 g/mol. The van der Waals surface area contributed by atoms with Crippen molar-refractivity contribution in [2.75, 3.05) is 12.4 Å². The molecule has 0 saturated carbocycles. The van der Waals surface area contributed by atoms with Gasteiger partial charge in [-0.05, 0) is 12.8 Å². The van der Waals surface area contributed by atoms with Gasteiger partial charge < -0.3 is 9.84 Å². The second-order valence-electron chi connectivity index (χ2n) is 7.06. The normalized spacial score (nSPS) is 12.9. The van der Waals surface area contributed by atoms with Crippen molar-refractivity contribution in [2.45, 2.75) is 84.0 Å². The lowest BCUT2D eigenvalue weighted by Gasteiger charge is -2.10. The summed E-state index contributed by atoms with van der Waals surface area (Å²) in [5.74, 6) is -3.60. The van der Waals surface area contributed by atoms with Gasteiger partial charge >= 0.3 is 11.9 Å². The van der Waals surface area contributed by atoms with E-state index in [9.17, 15) is 18.0 Å². The minimum absolute atomic E-state index is 0.417. The SMILES string of the molecule is CCCCCCCCCCCC/C=C/C(CC(=O)O)C(=O)OCCS(=O)(=O)O. The van der Waals surface area contributed by atoms with E-state index in [-0.39, 0.29) is 0 Å². The largest absolute Gasteiger partial charge is 0.481 e. The second kappa shape index (κ2) is 16.5. The molecule has 0 aliphatic rings. The van der Waals surface area contributed by atoms with Gasteiger partial charge in [0.15, 0.2) is 0 Å². The van der Waals surface area contributed by atoms with Crippen molar-refractivity contribution >= 4 is 22.1 Å². The molecule has 0 bridgehead atoms. The van der Waals surface area contributed by atoms with E-state index >= 15 is 0 Å². The quantitative estimate of drug-likeness (QED) is 0.146. The summed E-state index contributed by atoms with van der Waals surface area (Å²) < 4.78 is 34.6. The first-order valence-electron chi connectivity index (χ1n) is 10.3. The Kier molecular flexibility index (Phi) is 15.7. The third-order valence-corrected chi connectivity index (χ3v) is 5.06. The number of ether oxygens (including phenoxy) is 1. The molecule has 0 amide bonds. The highest BCUT2D eigenvalue weighted by Gasteiger charge is 2.21. The van der Waals surface area contributed by atoms with Crippen LogP contribution in [0.15, 0.2) is 12.2 Å². The van der Waals surface area contributed by atoms with E-state index in [1.54, 1.807) is 6.08 Å². The van der Waals surface area contributed by atoms with Crippen LogP contribution in [0.5, 0.6) is 0 Å². The Morgan fingerprint density at radius 1 is 0.964 bits per heavy atom. The highest BCUT2D eigenvalue weighted by molar-refractivity contribution is 7.85. The fraction of sp³-hybridized carbons (Fsp3) is 0.800. The summed E-state index contributed by atoms with van der Waals surface area (Å²) in [4.78, 5) is 22.8. The molecule has 1 unspecified atom stereocenters. The fourth-order valence-electron chi connectivity index (χ4n) is 2.78. The maximum Gasteiger partial charge on any atom is 0.313 e. The first-order valence-corrected chi connectivity index (χ1v) is 11.9. The Morgan fingerprint density at radius 2 is 1.50 bits per heavy atom. The molecule has 0 saturated heterocycles. The predicted octanol–water partition coefficient (Wildman–Crippen LogP) is 4.38. The summed E-state index contributed by atoms with van der Waals surface area (Å²) in [5, 5.41) is 8.90. The Morgan fingerprint density at radius 3 is 2.00 bits per heavy atom. The average Bonchev–Trinajstić information content (AvgIpc) is 2.60. The summed E-state index contributed by atoms with van der Waals surface area (Å²) in [5.41, 5.74) is 0. The summed E-state index contributed by atoms with van der Waals surface area (Å²) in [7, 11) is -4.22. The number of hydrogen-bond acceptors (Lipinski definition) is 5. The molecule has 0 heterocycles. The first-order chi connectivity index (χ1) is 13.3. The molecule has 1 atom stereocenters. The lowest BCUT2D eigenvalue weighted by atomic mass is 10.0. The Hall–Kier alpha value is -1.41. The topological polar surface area (TPSA) is 118 Å². The van der Waals surface area contributed by atoms with E-state index in [0.717, 1.165) is 19.3 Å². The van der Waals surface area contributed by atoms with Gasteiger partial charge in [0.2, 0.25) is 0 Å². The van der Waals surface area contributed by atoms with Gasteiger partial charge in [-0.1, -0.05) is 76.9 Å². The summed E-state index contributed by atoms with van der Waals surface area (Å²) >= 11 is 0. The van der Waals surface area contributed by atoms with Crippen LogP contribution in [0, 0.1) is 5.92 Å². The number of carbonyl (C=O) groups is 2. The minimum Gasteiger partial charge on any atom is -0.481 e. The van der Waals surface area contributed by atoms with Crippen LogP contribution in [0.3, 0.4) is 0 Å². The number of carboxylic acids is 1. The van der Waals surface area contributed by atoms with Crippen molar-refractivity contribution in [1.29, 1.82) is 0 Å². The van der Waals surface area contributed by atoms with Crippen molar-refractivity contribution in [2.24, 2.45) is 5.92 Å². The van der Waals surface area contributed by atoms with Gasteiger partial charge in [-0.2, -0.15) is 8.42 Å². The molecule has 0 aromatic carbocycles. The van der Waals surface area contributed by atoms with E-state index in [4.69, 9.17) is 14.4 Å². The molecule has 7 nitrogen and oxygen atoms in total. The second-order valence-corrected chi connectivity index (χ2v) is 8.63. The maximum atomic E-state index is 11.9. The molecule has 0 spiro atoms. The predicted molar refractivity (Wildman–Crippen MR) is 109 cm³/mol. The van der Waals surface area contributed by atoms with E-state index < -0.39 is 46.8 Å². The fourth-order valence-corrected chi connectivity index (χ4v) is 3.08. The zero-order valence-electron chi connectivity index (χ0n) is 17.0. The molecule has 0 aliphatic heterocycles. The van der Waals surface area contributed by atoms with Crippen molar-refractivity contribution < 1.29 is 32.4 Å². The molecular formula is C20H36O7S. The minimum atomic E-state index is -4.22. The third-order valence-electron chi connectivity index (χ3n) is 4.38. The number of hydrogen-bond donors (Lipinski definition) is 2. The van der Waals surface area contributed by atoms with Crippen molar-refractivity contribution in [1.82, 2.24) is 0 Å². The van der Waals surface area contributed by atoms with Gasteiger partial charge in [-0.15, -0.1) is 0 Å². The van der Waals surface area contributed by atoms with Crippen LogP contribution >= 0.6 is 0 Å². The summed E-state index contributed by atoms with van der Waals surface area (Å²) in [6.45, 7) is 1.71. The van der Waals surface area contributed by atoms with E-state index in [2.05, 4.69) is 6.92 Å². The highest BCUT2D eigenvalue weighted by atomic mass is 32.2. The van der Waals surface area contributed by atoms with Crippen LogP contribution in [0.4, 0.5) is 0 Å². The summed E-state index contributed by atoms with van der Waals surface area (Å²) in [6.07, 6.45) is 15.9. The molecule has 28 heavy (non-hydrogen) atoms.